The van der Waals surface area contributed by atoms with E-state index in [1.54, 1.807) is 11.8 Å². The smallest absolute Gasteiger partial charge is 0.277 e. The summed E-state index contributed by atoms with van der Waals surface area (Å²) in [6, 6.07) is 4.67. The standard InChI is InChI=1S/C12H14N4OS/c1-7(2)8-10(5-13)9(15)16-12(11(8,10)6-14)17-3-4-18-12/h7-8H,3-4H2,1-2H3,(H2,15,16)/p+1/t8-,10+,11+,12+/m0/s1. The number of ether oxygens (including phenoxy) is 1. The number of rotatable bonds is 1. The lowest BCUT2D eigenvalue weighted by molar-refractivity contribution is -0.584. The molecule has 2 fully saturated rings. The molecule has 18 heavy (non-hydrogen) atoms. The van der Waals surface area contributed by atoms with E-state index in [0.29, 0.717) is 12.4 Å². The van der Waals surface area contributed by atoms with Gasteiger partial charge < -0.3 is 4.74 Å². The zero-order valence-corrected chi connectivity index (χ0v) is 11.2. The van der Waals surface area contributed by atoms with E-state index in [1.165, 1.54) is 0 Å². The van der Waals surface area contributed by atoms with Gasteiger partial charge in [-0.3, -0.25) is 5.73 Å². The van der Waals surface area contributed by atoms with E-state index in [1.807, 2.05) is 13.8 Å². The molecule has 3 rings (SSSR count). The molecule has 1 aliphatic carbocycles. The Morgan fingerprint density at radius 2 is 2.22 bits per heavy atom. The van der Waals surface area contributed by atoms with E-state index < -0.39 is 15.9 Å². The third kappa shape index (κ3) is 0.867. The number of hydrogen-bond donors (Lipinski definition) is 2. The molecule has 0 aromatic rings. The summed E-state index contributed by atoms with van der Waals surface area (Å²) in [5, 5.41) is 18.5. The van der Waals surface area contributed by atoms with Crippen LogP contribution in [0, 0.1) is 45.3 Å². The predicted octanol–water partition coefficient (Wildman–Crippen LogP) is -0.839. The molecule has 0 bridgehead atoms. The van der Waals surface area contributed by atoms with E-state index in [4.69, 9.17) is 10.5 Å². The SMILES string of the molecule is CC(C)[C@@H]1[C@@]2(C#N)[C@@]3([NH+]=C(N)[C@@]12C#N)OCCS3. The molecule has 0 amide bonds. The van der Waals surface area contributed by atoms with Gasteiger partial charge >= 0.3 is 0 Å². The second-order valence-electron chi connectivity index (χ2n) is 5.41. The molecule has 6 heteroatoms. The fraction of sp³-hybridized carbons (Fsp3) is 0.750. The van der Waals surface area contributed by atoms with Crippen LogP contribution in [0.2, 0.25) is 0 Å². The number of fused-ring (bicyclic) bond motifs is 2. The van der Waals surface area contributed by atoms with Crippen molar-refractivity contribution < 1.29 is 9.73 Å². The van der Waals surface area contributed by atoms with Crippen LogP contribution < -0.4 is 10.7 Å². The Morgan fingerprint density at radius 3 is 2.61 bits per heavy atom. The van der Waals surface area contributed by atoms with Crippen molar-refractivity contribution >= 4 is 17.6 Å². The van der Waals surface area contributed by atoms with Crippen molar-refractivity contribution in [2.24, 2.45) is 28.4 Å². The quantitative estimate of drug-likeness (QED) is 0.643. The Bertz CT molecular complexity index is 525. The van der Waals surface area contributed by atoms with Crippen LogP contribution in [0.4, 0.5) is 0 Å². The number of hydrogen-bond acceptors (Lipinski definition) is 5. The fourth-order valence-electron chi connectivity index (χ4n) is 3.88. The van der Waals surface area contributed by atoms with Crippen LogP contribution in [0.25, 0.3) is 0 Å². The van der Waals surface area contributed by atoms with Gasteiger partial charge in [-0.15, -0.1) is 0 Å². The number of nitrogens with one attached hydrogen (secondary N) is 1. The minimum absolute atomic E-state index is 0.0631. The Balaban J connectivity index is 2.21. The monoisotopic (exact) mass is 263 g/mol. The maximum Gasteiger partial charge on any atom is 0.277 e. The molecule has 1 saturated heterocycles. The summed E-state index contributed by atoms with van der Waals surface area (Å²) in [6.07, 6.45) is 0. The average Bonchev–Trinajstić information content (AvgIpc) is 2.62. The van der Waals surface area contributed by atoms with Gasteiger partial charge in [-0.25, -0.2) is 4.99 Å². The predicted molar refractivity (Wildman–Crippen MR) is 65.7 cm³/mol. The lowest BCUT2D eigenvalue weighted by atomic mass is 9.95. The Labute approximate surface area is 110 Å². The summed E-state index contributed by atoms with van der Waals surface area (Å²) in [6.45, 7) is 4.64. The third-order valence-corrected chi connectivity index (χ3v) is 5.75. The average molecular weight is 263 g/mol. The zero-order valence-electron chi connectivity index (χ0n) is 10.4. The number of thioether (sulfide) groups is 1. The normalized spacial score (nSPS) is 48.7. The number of nitrogens with two attached hydrogens (primary N) is 1. The molecule has 0 aromatic heterocycles. The van der Waals surface area contributed by atoms with Gasteiger partial charge in [-0.1, -0.05) is 25.6 Å². The highest BCUT2D eigenvalue weighted by Gasteiger charge is 2.96. The first-order valence-electron chi connectivity index (χ1n) is 6.04. The molecule has 3 N–H and O–H groups in total. The molecule has 3 aliphatic rings. The molecule has 2 aliphatic heterocycles. The van der Waals surface area contributed by atoms with Crippen LogP contribution in [0.15, 0.2) is 0 Å². The fourth-order valence-corrected chi connectivity index (χ4v) is 5.25. The molecule has 1 spiro atoms. The van der Waals surface area contributed by atoms with Crippen molar-refractivity contribution in [3.8, 4) is 12.1 Å². The lowest BCUT2D eigenvalue weighted by Gasteiger charge is -2.24. The number of amidine groups is 1. The molecule has 4 atom stereocenters. The summed E-state index contributed by atoms with van der Waals surface area (Å²) in [5.74, 6) is 1.37. The van der Waals surface area contributed by atoms with Crippen molar-refractivity contribution in [2.45, 2.75) is 18.9 Å². The molecule has 0 unspecified atom stereocenters. The molecule has 94 valence electrons. The molecule has 0 radical (unpaired) electrons. The first-order valence-corrected chi connectivity index (χ1v) is 7.02. The van der Waals surface area contributed by atoms with Crippen LogP contribution in [-0.2, 0) is 4.74 Å². The summed E-state index contributed by atoms with van der Waals surface area (Å²) >= 11 is 1.56. The van der Waals surface area contributed by atoms with Crippen LogP contribution in [0.1, 0.15) is 13.8 Å². The molecular formula is C12H15N4OS+. The third-order valence-electron chi connectivity index (χ3n) is 4.43. The molecule has 1 saturated carbocycles. The molecule has 2 heterocycles. The highest BCUT2D eigenvalue weighted by Crippen LogP contribution is 2.78. The highest BCUT2D eigenvalue weighted by molar-refractivity contribution is 8.00. The van der Waals surface area contributed by atoms with Crippen molar-refractivity contribution in [1.82, 2.24) is 0 Å². The lowest BCUT2D eigenvalue weighted by Crippen LogP contribution is -2.88. The van der Waals surface area contributed by atoms with Crippen molar-refractivity contribution in [3.63, 3.8) is 0 Å². The van der Waals surface area contributed by atoms with E-state index in [-0.39, 0.29) is 11.8 Å². The molecule has 0 aromatic carbocycles. The van der Waals surface area contributed by atoms with E-state index in [2.05, 4.69) is 17.1 Å². The van der Waals surface area contributed by atoms with Crippen LogP contribution in [0.3, 0.4) is 0 Å². The first-order chi connectivity index (χ1) is 8.52. The minimum Gasteiger partial charge on any atom is -0.327 e. The maximum atomic E-state index is 9.72. The van der Waals surface area contributed by atoms with E-state index in [9.17, 15) is 10.5 Å². The van der Waals surface area contributed by atoms with Gasteiger partial charge in [0.05, 0.1) is 18.7 Å². The number of nitriles is 2. The van der Waals surface area contributed by atoms with Crippen molar-refractivity contribution in [2.75, 3.05) is 12.4 Å². The summed E-state index contributed by atoms with van der Waals surface area (Å²) < 4.78 is 5.80. The van der Waals surface area contributed by atoms with Crippen molar-refractivity contribution in [1.29, 1.82) is 10.5 Å². The Hall–Kier alpha value is -1.24. The number of nitrogens with zero attached hydrogens (tertiary/aromatic N) is 2. The highest BCUT2D eigenvalue weighted by atomic mass is 32.2. The van der Waals surface area contributed by atoms with Crippen molar-refractivity contribution in [3.05, 3.63) is 0 Å². The van der Waals surface area contributed by atoms with Gasteiger partial charge in [0.2, 0.25) is 0 Å². The zero-order chi connectivity index (χ0) is 13.2. The van der Waals surface area contributed by atoms with Gasteiger partial charge in [0.15, 0.2) is 10.8 Å². The summed E-state index contributed by atoms with van der Waals surface area (Å²) in [5.41, 5.74) is 4.30. The topological polar surface area (TPSA) is 96.8 Å². The van der Waals surface area contributed by atoms with Crippen LogP contribution in [-0.4, -0.2) is 23.3 Å². The largest absolute Gasteiger partial charge is 0.327 e. The summed E-state index contributed by atoms with van der Waals surface area (Å²) in [7, 11) is 0. The van der Waals surface area contributed by atoms with Gasteiger partial charge in [-0.05, 0) is 5.92 Å². The maximum absolute atomic E-state index is 9.72. The molecular weight excluding hydrogens is 248 g/mol. The van der Waals surface area contributed by atoms with E-state index >= 15 is 0 Å². The van der Waals surface area contributed by atoms with Gasteiger partial charge in [0.25, 0.3) is 10.9 Å². The molecule has 5 nitrogen and oxygen atoms in total. The van der Waals surface area contributed by atoms with Gasteiger partial charge in [0.1, 0.15) is 0 Å². The van der Waals surface area contributed by atoms with Gasteiger partial charge in [0, 0.05) is 11.7 Å². The second-order valence-corrected chi connectivity index (χ2v) is 6.69. The second kappa shape index (κ2) is 3.20. The Morgan fingerprint density at radius 1 is 1.50 bits per heavy atom. The first kappa shape index (κ1) is 11.8. The van der Waals surface area contributed by atoms with Crippen LogP contribution in [0.5, 0.6) is 0 Å². The minimum atomic E-state index is -0.896. The van der Waals surface area contributed by atoms with Crippen LogP contribution >= 0.6 is 11.8 Å². The Kier molecular flexibility index (Phi) is 2.10. The summed E-state index contributed by atoms with van der Waals surface area (Å²) in [4.78, 5) is 3.09. The van der Waals surface area contributed by atoms with E-state index in [0.717, 1.165) is 5.75 Å². The van der Waals surface area contributed by atoms with Gasteiger partial charge in [-0.2, -0.15) is 10.5 Å².